The molecule has 4 heteroatoms. The highest BCUT2D eigenvalue weighted by Gasteiger charge is 2.34. The van der Waals surface area contributed by atoms with Crippen LogP contribution in [-0.4, -0.2) is 40.9 Å². The summed E-state index contributed by atoms with van der Waals surface area (Å²) in [6, 6.07) is 5.53. The van der Waals surface area contributed by atoms with E-state index in [4.69, 9.17) is 0 Å². The highest BCUT2D eigenvalue weighted by atomic mass is 35.5. The van der Waals surface area contributed by atoms with Crippen LogP contribution in [0.15, 0.2) is 18.2 Å². The number of likely N-dealkylation sites (tertiary alicyclic amines) is 1. The lowest BCUT2D eigenvalue weighted by Crippen LogP contribution is -2.55. The molecule has 0 aromatic heterocycles. The Hall–Kier alpha value is -0.930. The van der Waals surface area contributed by atoms with Gasteiger partial charge >= 0.3 is 0 Å². The molecule has 0 saturated carbocycles. The van der Waals surface area contributed by atoms with Crippen LogP contribution in [0.5, 0.6) is 11.5 Å². The number of rotatable bonds is 5. The zero-order valence-corrected chi connectivity index (χ0v) is 14.0. The number of nitrogens with zero attached hydrogens (tertiary/aromatic N) is 1. The Morgan fingerprint density at radius 3 is 2.19 bits per heavy atom. The fourth-order valence-corrected chi connectivity index (χ4v) is 3.57. The first-order valence-electron chi connectivity index (χ1n) is 7.91. The van der Waals surface area contributed by atoms with Crippen molar-refractivity contribution in [2.24, 2.45) is 0 Å². The molecule has 1 fully saturated rings. The summed E-state index contributed by atoms with van der Waals surface area (Å²) >= 11 is 0. The fraction of sp³-hybridized carbons (Fsp3) is 0.647. The summed E-state index contributed by atoms with van der Waals surface area (Å²) in [6.07, 6.45) is 6.99. The van der Waals surface area contributed by atoms with Crippen molar-refractivity contribution in [3.05, 3.63) is 23.8 Å². The number of likely N-dealkylation sites (N-methyl/N-ethyl adjacent to an activating group) is 1. The van der Waals surface area contributed by atoms with E-state index in [9.17, 15) is 10.2 Å². The van der Waals surface area contributed by atoms with Gasteiger partial charge in [0.25, 0.3) is 0 Å². The Morgan fingerprint density at radius 2 is 1.67 bits per heavy atom. The Morgan fingerprint density at radius 1 is 1.10 bits per heavy atom. The molecule has 1 saturated heterocycles. The zero-order valence-electron chi connectivity index (χ0n) is 13.2. The van der Waals surface area contributed by atoms with Crippen molar-refractivity contribution in [3.63, 3.8) is 0 Å². The number of piperidine rings is 1. The second-order valence-corrected chi connectivity index (χ2v) is 6.41. The van der Waals surface area contributed by atoms with Crippen molar-refractivity contribution in [2.75, 3.05) is 20.1 Å². The molecule has 2 rings (SSSR count). The number of aromatic hydroxyl groups is 2. The van der Waals surface area contributed by atoms with E-state index in [-0.39, 0.29) is 23.9 Å². The first-order valence-corrected chi connectivity index (χ1v) is 7.91. The van der Waals surface area contributed by atoms with Crippen molar-refractivity contribution in [2.45, 2.75) is 51.5 Å². The molecule has 1 unspecified atom stereocenters. The fourth-order valence-electron chi connectivity index (χ4n) is 3.57. The number of hydrogen-bond donors (Lipinski definition) is 2. The molecule has 0 amide bonds. The van der Waals surface area contributed by atoms with Crippen molar-refractivity contribution >= 4 is 12.4 Å². The molecule has 1 heterocycles. The summed E-state index contributed by atoms with van der Waals surface area (Å²) in [5.41, 5.74) is 0.718. The van der Waals surface area contributed by atoms with Gasteiger partial charge in [-0.2, -0.15) is 0 Å². The normalized spacial score (nSPS) is 18.8. The molecule has 1 atom stereocenters. The minimum absolute atomic E-state index is 0. The topological polar surface area (TPSA) is 40.5 Å². The number of benzene rings is 1. The van der Waals surface area contributed by atoms with Gasteiger partial charge in [-0.15, -0.1) is 12.4 Å². The lowest BCUT2D eigenvalue weighted by atomic mass is 9.94. The molecule has 1 aliphatic heterocycles. The largest absolute Gasteiger partial charge is 0.508 e. The maximum atomic E-state index is 10.0. The van der Waals surface area contributed by atoms with Crippen LogP contribution in [0.4, 0.5) is 0 Å². The van der Waals surface area contributed by atoms with Crippen LogP contribution in [0.1, 0.15) is 44.6 Å². The number of phenols is 2. The van der Waals surface area contributed by atoms with E-state index in [1.807, 2.05) is 0 Å². The third-order valence-electron chi connectivity index (χ3n) is 4.91. The molecule has 3 nitrogen and oxygen atoms in total. The monoisotopic (exact) mass is 314 g/mol. The van der Waals surface area contributed by atoms with Gasteiger partial charge in [0.15, 0.2) is 0 Å². The summed E-state index contributed by atoms with van der Waals surface area (Å²) in [6.45, 7) is 4.66. The van der Waals surface area contributed by atoms with Gasteiger partial charge in [-0.3, -0.25) is 0 Å². The van der Waals surface area contributed by atoms with Crippen LogP contribution >= 0.6 is 12.4 Å². The lowest BCUT2D eigenvalue weighted by molar-refractivity contribution is -0.938. The van der Waals surface area contributed by atoms with E-state index in [0.717, 1.165) is 29.3 Å². The van der Waals surface area contributed by atoms with Gasteiger partial charge in [-0.05, 0) is 37.8 Å². The van der Waals surface area contributed by atoms with E-state index in [2.05, 4.69) is 14.0 Å². The molecule has 1 aliphatic rings. The van der Waals surface area contributed by atoms with Gasteiger partial charge in [0.05, 0.1) is 26.2 Å². The van der Waals surface area contributed by atoms with Crippen LogP contribution in [0.25, 0.3) is 0 Å². The van der Waals surface area contributed by atoms with Crippen molar-refractivity contribution in [3.8, 4) is 11.5 Å². The molecular weight excluding hydrogens is 286 g/mol. The van der Waals surface area contributed by atoms with Gasteiger partial charge in [-0.1, -0.05) is 19.4 Å². The molecule has 21 heavy (non-hydrogen) atoms. The number of phenolic OH excluding ortho intramolecular Hbond substituents is 2. The number of hydrogen-bond acceptors (Lipinski definition) is 2. The molecule has 120 valence electrons. The van der Waals surface area contributed by atoms with Gasteiger partial charge in [-0.25, -0.2) is 0 Å². The summed E-state index contributed by atoms with van der Waals surface area (Å²) in [7, 11) is 2.34. The molecule has 2 N–H and O–H groups in total. The Balaban J connectivity index is 0.00000220. The Bertz CT molecular complexity index is 424. The first-order chi connectivity index (χ1) is 9.57. The summed E-state index contributed by atoms with van der Waals surface area (Å²) in [4.78, 5) is 0. The highest BCUT2D eigenvalue weighted by molar-refractivity contribution is 5.85. The van der Waals surface area contributed by atoms with Crippen LogP contribution in [-0.2, 0) is 6.42 Å². The predicted octanol–water partition coefficient (Wildman–Crippen LogP) is 3.86. The van der Waals surface area contributed by atoms with Gasteiger partial charge < -0.3 is 14.7 Å². The molecule has 0 bridgehead atoms. The highest BCUT2D eigenvalue weighted by Crippen LogP contribution is 2.32. The molecule has 1 aromatic rings. The number of halogens is 1. The second-order valence-electron chi connectivity index (χ2n) is 6.41. The second kappa shape index (κ2) is 7.90. The zero-order chi connectivity index (χ0) is 14.6. The quantitative estimate of drug-likeness (QED) is 0.810. The third-order valence-corrected chi connectivity index (χ3v) is 4.91. The molecular formula is C17H29ClNO2+. The molecule has 1 aromatic carbocycles. The average molecular weight is 315 g/mol. The maximum absolute atomic E-state index is 10.0. The van der Waals surface area contributed by atoms with E-state index in [0.29, 0.717) is 6.04 Å². The summed E-state index contributed by atoms with van der Waals surface area (Å²) in [5.74, 6) is 0.462. The minimum atomic E-state index is 0. The lowest BCUT2D eigenvalue weighted by Gasteiger charge is -2.44. The minimum Gasteiger partial charge on any atom is -0.508 e. The SMILES string of the molecule is CCCC(Cc1c(O)cccc1O)[N+]1(C)CCCCC1.Cl. The van der Waals surface area contributed by atoms with E-state index < -0.39 is 0 Å². The van der Waals surface area contributed by atoms with Crippen LogP contribution < -0.4 is 0 Å². The van der Waals surface area contributed by atoms with Crippen LogP contribution in [0.2, 0.25) is 0 Å². The predicted molar refractivity (Wildman–Crippen MR) is 89.2 cm³/mol. The molecule has 0 aliphatic carbocycles. The maximum Gasteiger partial charge on any atom is 0.122 e. The summed E-state index contributed by atoms with van der Waals surface area (Å²) in [5, 5.41) is 20.0. The molecule has 0 radical (unpaired) electrons. The van der Waals surface area contributed by atoms with E-state index >= 15 is 0 Å². The van der Waals surface area contributed by atoms with Crippen LogP contribution in [0.3, 0.4) is 0 Å². The first kappa shape index (κ1) is 18.1. The smallest absolute Gasteiger partial charge is 0.122 e. The van der Waals surface area contributed by atoms with Gasteiger partial charge in [0.1, 0.15) is 11.5 Å². The standard InChI is InChI=1S/C17H27NO2.ClH/c1-3-8-14(18(2)11-5-4-6-12-18)13-15-16(19)9-7-10-17(15)20;/h7,9-10,14H,3-6,8,11-13H2,1-2H3,(H-,19,20);1H/p+1. The van der Waals surface area contributed by atoms with Crippen molar-refractivity contribution in [1.29, 1.82) is 0 Å². The van der Waals surface area contributed by atoms with Crippen molar-refractivity contribution < 1.29 is 14.7 Å². The molecule has 0 spiro atoms. The summed E-state index contributed by atoms with van der Waals surface area (Å²) < 4.78 is 1.08. The Kier molecular flexibility index (Phi) is 6.82. The Labute approximate surface area is 134 Å². The van der Waals surface area contributed by atoms with Crippen molar-refractivity contribution in [1.82, 2.24) is 0 Å². The average Bonchev–Trinajstić information content (AvgIpc) is 2.42. The van der Waals surface area contributed by atoms with E-state index in [1.165, 1.54) is 32.4 Å². The number of quaternary nitrogens is 1. The third kappa shape index (κ3) is 4.27. The van der Waals surface area contributed by atoms with Gasteiger partial charge in [0.2, 0.25) is 0 Å². The van der Waals surface area contributed by atoms with Gasteiger partial charge in [0, 0.05) is 12.0 Å². The van der Waals surface area contributed by atoms with Crippen LogP contribution in [0, 0.1) is 0 Å². The van der Waals surface area contributed by atoms with E-state index in [1.54, 1.807) is 18.2 Å².